The van der Waals surface area contributed by atoms with E-state index >= 15 is 0 Å². The summed E-state index contributed by atoms with van der Waals surface area (Å²) >= 11 is 0. The summed E-state index contributed by atoms with van der Waals surface area (Å²) in [4.78, 5) is 23.1. The fraction of sp³-hybridized carbons (Fsp3) is 0.255. The Morgan fingerprint density at radius 2 is 0.864 bits per heavy atom. The lowest BCUT2D eigenvalue weighted by Gasteiger charge is -2.11. The normalized spacial score (nSPS) is 11.8. The van der Waals surface area contributed by atoms with E-state index in [1.165, 1.54) is 40.7 Å². The van der Waals surface area contributed by atoms with Crippen LogP contribution in [0.25, 0.3) is 34.4 Å². The first kappa shape index (κ1) is 42.8. The van der Waals surface area contributed by atoms with Gasteiger partial charge in [0.1, 0.15) is 0 Å². The summed E-state index contributed by atoms with van der Waals surface area (Å²) in [6, 6.07) is 55.8. The summed E-state index contributed by atoms with van der Waals surface area (Å²) in [5, 5.41) is 0. The van der Waals surface area contributed by atoms with Gasteiger partial charge in [0.05, 0.1) is 26.2 Å². The number of carbonyl (C=O) groups is 1. The topological polar surface area (TPSA) is 44.8 Å². The largest absolute Gasteiger partial charge is 0.465 e. The van der Waals surface area contributed by atoms with Gasteiger partial charge in [-0.1, -0.05) is 197 Å². The Hall–Kier alpha value is -5.81. The Morgan fingerprint density at radius 1 is 0.441 bits per heavy atom. The Kier molecular flexibility index (Phi) is 17.1. The second-order valence-corrected chi connectivity index (χ2v) is 15.0. The minimum atomic E-state index is -0.172. The van der Waals surface area contributed by atoms with Crippen molar-refractivity contribution in [3.8, 4) is 11.1 Å². The van der Waals surface area contributed by atoms with Gasteiger partial charge in [0.15, 0.2) is 0 Å². The monoisotopic (exact) mass is 782 g/mol. The maximum absolute atomic E-state index is 12.4. The molecular weight excluding hydrogens is 725 g/mol. The molecule has 6 rings (SSSR count). The van der Waals surface area contributed by atoms with Gasteiger partial charge in [0.2, 0.25) is 0 Å². The minimum Gasteiger partial charge on any atom is -0.465 e. The SMILES string of the molecule is CCCCCOOCCCc1ccc(/C(=C/c2ccc(-c3ccc(/C=C(\c4ccccc4)c4ccc(CC(=O)OCCCCC)cc4)cc3)cc2)c2ccccc2)cc1. The van der Waals surface area contributed by atoms with Crippen LogP contribution >= 0.6 is 0 Å². The van der Waals surface area contributed by atoms with Gasteiger partial charge in [-0.15, -0.1) is 0 Å². The Morgan fingerprint density at radius 3 is 1.34 bits per heavy atom. The van der Waals surface area contributed by atoms with Crippen molar-refractivity contribution in [2.24, 2.45) is 0 Å². The van der Waals surface area contributed by atoms with Crippen LogP contribution in [0.3, 0.4) is 0 Å². The van der Waals surface area contributed by atoms with E-state index in [-0.39, 0.29) is 12.4 Å². The second-order valence-electron chi connectivity index (χ2n) is 15.0. The molecule has 6 aromatic rings. The molecule has 302 valence electrons. The van der Waals surface area contributed by atoms with Gasteiger partial charge in [0, 0.05) is 0 Å². The lowest BCUT2D eigenvalue weighted by Crippen LogP contribution is -2.09. The van der Waals surface area contributed by atoms with Crippen LogP contribution in [0.1, 0.15) is 103 Å². The molecule has 4 nitrogen and oxygen atoms in total. The molecule has 0 aliphatic carbocycles. The van der Waals surface area contributed by atoms with Gasteiger partial charge in [-0.3, -0.25) is 4.79 Å². The van der Waals surface area contributed by atoms with Crippen molar-refractivity contribution < 1.29 is 19.3 Å². The fourth-order valence-electron chi connectivity index (χ4n) is 7.05. The zero-order valence-corrected chi connectivity index (χ0v) is 34.8. The molecule has 0 aliphatic heterocycles. The van der Waals surface area contributed by atoms with E-state index in [1.807, 2.05) is 18.2 Å². The number of esters is 1. The van der Waals surface area contributed by atoms with Crippen LogP contribution in [-0.2, 0) is 32.1 Å². The average molecular weight is 783 g/mol. The van der Waals surface area contributed by atoms with E-state index in [0.29, 0.717) is 19.8 Å². The van der Waals surface area contributed by atoms with E-state index in [2.05, 4.69) is 166 Å². The third-order valence-electron chi connectivity index (χ3n) is 10.4. The molecule has 0 aliphatic rings. The van der Waals surface area contributed by atoms with Crippen molar-refractivity contribution in [2.75, 3.05) is 19.8 Å². The molecule has 59 heavy (non-hydrogen) atoms. The molecule has 0 amide bonds. The standard InChI is InChI=1S/C55H58O4/c1-3-5-13-37-57-55(56)42-46-27-35-52(36-28-46)54(50-19-11-8-12-20-50)41-45-25-31-48(32-26-45)47-29-23-44(24-30-47)40-53(49-17-9-7-10-18-49)51-33-21-43(22-34-51)16-15-39-59-58-38-14-6-4-2/h7-12,17-36,40-41H,3-6,13-16,37-39,42H2,1-2H3/b53-40+,54-41+. The molecule has 0 spiro atoms. The molecule has 0 heterocycles. The van der Waals surface area contributed by atoms with Crippen molar-refractivity contribution in [1.82, 2.24) is 0 Å². The number of benzene rings is 6. The smallest absolute Gasteiger partial charge is 0.310 e. The number of unbranched alkanes of at least 4 members (excludes halogenated alkanes) is 4. The van der Waals surface area contributed by atoms with Crippen LogP contribution in [0.2, 0.25) is 0 Å². The summed E-state index contributed by atoms with van der Waals surface area (Å²) in [5.74, 6) is -0.172. The first-order valence-corrected chi connectivity index (χ1v) is 21.4. The second kappa shape index (κ2) is 23.6. The van der Waals surface area contributed by atoms with E-state index in [1.54, 1.807) is 0 Å². The van der Waals surface area contributed by atoms with Crippen molar-refractivity contribution in [3.63, 3.8) is 0 Å². The Balaban J connectivity index is 1.13. The molecule has 6 aromatic carbocycles. The quantitative estimate of drug-likeness (QED) is 0.0226. The average Bonchev–Trinajstić information content (AvgIpc) is 3.29. The predicted molar refractivity (Wildman–Crippen MR) is 246 cm³/mol. The summed E-state index contributed by atoms with van der Waals surface area (Å²) in [6.45, 7) is 6.09. The maximum atomic E-state index is 12.4. The highest BCUT2D eigenvalue weighted by Gasteiger charge is 2.10. The highest BCUT2D eigenvalue weighted by molar-refractivity contribution is 5.93. The molecule has 0 N–H and O–H groups in total. The first-order valence-electron chi connectivity index (χ1n) is 21.4. The van der Waals surface area contributed by atoms with Crippen LogP contribution in [0.5, 0.6) is 0 Å². The first-order chi connectivity index (χ1) is 29.1. The van der Waals surface area contributed by atoms with Crippen molar-refractivity contribution in [3.05, 3.63) is 202 Å². The molecule has 0 aromatic heterocycles. The van der Waals surface area contributed by atoms with Crippen LogP contribution in [0.15, 0.2) is 158 Å². The Bertz CT molecular complexity index is 2180. The van der Waals surface area contributed by atoms with Crippen LogP contribution in [0.4, 0.5) is 0 Å². The number of carbonyl (C=O) groups excluding carboxylic acids is 1. The Labute approximate surface area is 352 Å². The molecule has 0 fully saturated rings. The summed E-state index contributed by atoms with van der Waals surface area (Å²) in [7, 11) is 0. The highest BCUT2D eigenvalue weighted by Crippen LogP contribution is 2.30. The van der Waals surface area contributed by atoms with Gasteiger partial charge in [0.25, 0.3) is 0 Å². The van der Waals surface area contributed by atoms with Crippen LogP contribution in [0, 0.1) is 0 Å². The minimum absolute atomic E-state index is 0.172. The summed E-state index contributed by atoms with van der Waals surface area (Å²) in [6.07, 6.45) is 13.2. The molecular formula is C55H58O4. The molecule has 0 saturated heterocycles. The van der Waals surface area contributed by atoms with Crippen LogP contribution < -0.4 is 0 Å². The van der Waals surface area contributed by atoms with Gasteiger partial charge >= 0.3 is 5.97 Å². The van der Waals surface area contributed by atoms with Crippen molar-refractivity contribution >= 4 is 29.3 Å². The molecule has 0 saturated carbocycles. The number of hydrogen-bond acceptors (Lipinski definition) is 4. The number of hydrogen-bond donors (Lipinski definition) is 0. The molecule has 0 unspecified atom stereocenters. The van der Waals surface area contributed by atoms with E-state index < -0.39 is 0 Å². The van der Waals surface area contributed by atoms with E-state index in [9.17, 15) is 4.79 Å². The highest BCUT2D eigenvalue weighted by atomic mass is 17.2. The number of ether oxygens (including phenoxy) is 1. The van der Waals surface area contributed by atoms with Crippen LogP contribution in [-0.4, -0.2) is 25.8 Å². The lowest BCUT2D eigenvalue weighted by molar-refractivity contribution is -0.295. The fourth-order valence-corrected chi connectivity index (χ4v) is 7.05. The van der Waals surface area contributed by atoms with Gasteiger partial charge in [-0.05, 0) is 105 Å². The lowest BCUT2D eigenvalue weighted by atomic mass is 9.93. The van der Waals surface area contributed by atoms with E-state index in [0.717, 1.165) is 77.5 Å². The molecule has 0 radical (unpaired) electrons. The zero-order chi connectivity index (χ0) is 40.9. The third kappa shape index (κ3) is 13.6. The maximum Gasteiger partial charge on any atom is 0.310 e. The van der Waals surface area contributed by atoms with Gasteiger partial charge in [-0.2, -0.15) is 0 Å². The molecule has 0 atom stereocenters. The third-order valence-corrected chi connectivity index (χ3v) is 10.4. The predicted octanol–water partition coefficient (Wildman–Crippen LogP) is 13.9. The van der Waals surface area contributed by atoms with Crippen molar-refractivity contribution in [2.45, 2.75) is 71.6 Å². The van der Waals surface area contributed by atoms with Gasteiger partial charge < -0.3 is 4.74 Å². The van der Waals surface area contributed by atoms with Crippen molar-refractivity contribution in [1.29, 1.82) is 0 Å². The summed E-state index contributed by atoms with van der Waals surface area (Å²) in [5.41, 5.74) is 13.8. The number of rotatable bonds is 22. The molecule has 0 bridgehead atoms. The van der Waals surface area contributed by atoms with Gasteiger partial charge in [-0.25, -0.2) is 9.78 Å². The summed E-state index contributed by atoms with van der Waals surface area (Å²) < 4.78 is 5.44. The van der Waals surface area contributed by atoms with E-state index in [4.69, 9.17) is 14.5 Å². The number of aryl methyl sites for hydroxylation is 1. The molecule has 4 heteroatoms. The zero-order valence-electron chi connectivity index (χ0n) is 34.8.